The van der Waals surface area contributed by atoms with Crippen LogP contribution in [-0.4, -0.2) is 17.2 Å². The van der Waals surface area contributed by atoms with Crippen molar-refractivity contribution in [1.82, 2.24) is 0 Å². The van der Waals surface area contributed by atoms with Gasteiger partial charge in [0.15, 0.2) is 6.10 Å². The lowest BCUT2D eigenvalue weighted by Gasteiger charge is -2.12. The molecule has 0 saturated heterocycles. The van der Waals surface area contributed by atoms with Crippen LogP contribution in [0.15, 0.2) is 54.6 Å². The number of carbonyl (C=O) groups is 1. The molecule has 0 aliphatic heterocycles. The van der Waals surface area contributed by atoms with Crippen molar-refractivity contribution in [3.8, 4) is 5.75 Å². The molecule has 0 heterocycles. The van der Waals surface area contributed by atoms with E-state index in [2.05, 4.69) is 0 Å². The molecule has 0 radical (unpaired) electrons. The van der Waals surface area contributed by atoms with E-state index in [1.165, 1.54) is 5.56 Å². The quantitative estimate of drug-likeness (QED) is 0.899. The summed E-state index contributed by atoms with van der Waals surface area (Å²) in [5.41, 5.74) is 1.21. The first-order valence-electron chi connectivity index (χ1n) is 6.69. The number of hydrogen-bond donors (Lipinski definition) is 1. The van der Waals surface area contributed by atoms with Crippen LogP contribution < -0.4 is 4.74 Å². The van der Waals surface area contributed by atoms with Crippen LogP contribution in [0.4, 0.5) is 0 Å². The summed E-state index contributed by atoms with van der Waals surface area (Å²) in [6.45, 7) is 3.80. The van der Waals surface area contributed by atoms with Crippen LogP contribution in [0.3, 0.4) is 0 Å². The van der Waals surface area contributed by atoms with Crippen molar-refractivity contribution in [2.24, 2.45) is 0 Å². The highest BCUT2D eigenvalue weighted by atomic mass is 35.5. The lowest BCUT2D eigenvalue weighted by Crippen LogP contribution is -2.25. The average molecular weight is 307 g/mol. The molecular weight excluding hydrogens is 288 g/mol. The molecule has 4 heteroatoms. The van der Waals surface area contributed by atoms with Crippen molar-refractivity contribution in [1.29, 1.82) is 0 Å². The molecule has 0 spiro atoms. The Labute approximate surface area is 130 Å². The Balaban J connectivity index is 0.000000235. The number of rotatable bonds is 4. The predicted molar refractivity (Wildman–Crippen MR) is 85.0 cm³/mol. The maximum Gasteiger partial charge on any atom is 0.344 e. The van der Waals surface area contributed by atoms with E-state index in [-0.39, 0.29) is 0 Å². The fourth-order valence-electron chi connectivity index (χ4n) is 1.58. The minimum atomic E-state index is -0.925. The van der Waals surface area contributed by atoms with Gasteiger partial charge in [0.1, 0.15) is 5.75 Å². The average Bonchev–Trinajstić information content (AvgIpc) is 2.46. The Morgan fingerprint density at radius 3 is 2.29 bits per heavy atom. The summed E-state index contributed by atoms with van der Waals surface area (Å²) in [6, 6.07) is 16.7. The lowest BCUT2D eigenvalue weighted by molar-refractivity contribution is -0.145. The van der Waals surface area contributed by atoms with Gasteiger partial charge < -0.3 is 9.84 Å². The molecular formula is C17H19ClO3. The van der Waals surface area contributed by atoms with Crippen molar-refractivity contribution < 1.29 is 14.6 Å². The molecule has 0 aliphatic carbocycles. The van der Waals surface area contributed by atoms with Gasteiger partial charge in [-0.1, -0.05) is 48.9 Å². The Morgan fingerprint density at radius 2 is 1.86 bits per heavy atom. The zero-order chi connectivity index (χ0) is 15.7. The summed E-state index contributed by atoms with van der Waals surface area (Å²) in [7, 11) is 0. The van der Waals surface area contributed by atoms with Crippen molar-refractivity contribution in [2.75, 3.05) is 0 Å². The summed E-state index contributed by atoms with van der Waals surface area (Å²) in [5.74, 6) is -0.330. The van der Waals surface area contributed by atoms with E-state index in [4.69, 9.17) is 21.4 Å². The van der Waals surface area contributed by atoms with E-state index >= 15 is 0 Å². The molecule has 3 nitrogen and oxygen atoms in total. The fraction of sp³-hybridized carbons (Fsp3) is 0.235. The Morgan fingerprint density at radius 1 is 1.19 bits per heavy atom. The van der Waals surface area contributed by atoms with Crippen LogP contribution in [0.25, 0.3) is 0 Å². The van der Waals surface area contributed by atoms with Gasteiger partial charge in [0, 0.05) is 5.02 Å². The molecule has 1 atom stereocenters. The van der Waals surface area contributed by atoms with Gasteiger partial charge in [0.25, 0.3) is 0 Å². The van der Waals surface area contributed by atoms with Gasteiger partial charge in [-0.2, -0.15) is 0 Å². The number of halogens is 1. The molecule has 21 heavy (non-hydrogen) atoms. The van der Waals surface area contributed by atoms with Crippen LogP contribution in [0.5, 0.6) is 5.75 Å². The number of aryl methyl sites for hydroxylation is 1. The van der Waals surface area contributed by atoms with E-state index in [1.807, 2.05) is 49.4 Å². The molecule has 2 rings (SSSR count). The summed E-state index contributed by atoms with van der Waals surface area (Å²) in [6.07, 6.45) is -0.285. The van der Waals surface area contributed by atoms with Gasteiger partial charge in [-0.3, -0.25) is 0 Å². The van der Waals surface area contributed by atoms with Crippen molar-refractivity contribution in [2.45, 2.75) is 26.4 Å². The SMILES string of the molecule is CCC(Oc1ccccc1)C(=O)O.Cc1cccc(Cl)c1. The summed E-state index contributed by atoms with van der Waals surface area (Å²) in [4.78, 5) is 10.6. The van der Waals surface area contributed by atoms with E-state index in [9.17, 15) is 4.79 Å². The van der Waals surface area contributed by atoms with E-state index in [1.54, 1.807) is 19.1 Å². The Hall–Kier alpha value is -2.00. The third-order valence-corrected chi connectivity index (χ3v) is 2.88. The normalized spacial score (nSPS) is 11.0. The van der Waals surface area contributed by atoms with Crippen LogP contribution in [-0.2, 0) is 4.79 Å². The summed E-state index contributed by atoms with van der Waals surface area (Å²) in [5, 5.41) is 9.52. The minimum absolute atomic E-state index is 0.463. The fourth-order valence-corrected chi connectivity index (χ4v) is 1.82. The van der Waals surface area contributed by atoms with Gasteiger partial charge in [-0.05, 0) is 43.2 Å². The number of ether oxygens (including phenoxy) is 1. The topological polar surface area (TPSA) is 46.5 Å². The maximum absolute atomic E-state index is 10.6. The number of para-hydroxylation sites is 1. The first-order valence-corrected chi connectivity index (χ1v) is 7.07. The number of aliphatic carboxylic acids is 1. The van der Waals surface area contributed by atoms with Gasteiger partial charge in [0.2, 0.25) is 0 Å². The highest BCUT2D eigenvalue weighted by molar-refractivity contribution is 6.30. The minimum Gasteiger partial charge on any atom is -0.479 e. The van der Waals surface area contributed by atoms with Gasteiger partial charge in [0.05, 0.1) is 0 Å². The highest BCUT2D eigenvalue weighted by Crippen LogP contribution is 2.12. The molecule has 0 aromatic heterocycles. The van der Waals surface area contributed by atoms with Crippen LogP contribution in [0.1, 0.15) is 18.9 Å². The van der Waals surface area contributed by atoms with E-state index in [0.29, 0.717) is 12.2 Å². The molecule has 0 fully saturated rings. The van der Waals surface area contributed by atoms with E-state index in [0.717, 1.165) is 5.02 Å². The summed E-state index contributed by atoms with van der Waals surface area (Å²) < 4.78 is 5.23. The van der Waals surface area contributed by atoms with Crippen LogP contribution in [0.2, 0.25) is 5.02 Å². The first kappa shape index (κ1) is 17.1. The predicted octanol–water partition coefficient (Wildman–Crippen LogP) is 4.58. The smallest absolute Gasteiger partial charge is 0.344 e. The third-order valence-electron chi connectivity index (χ3n) is 2.65. The molecule has 0 amide bonds. The zero-order valence-electron chi connectivity index (χ0n) is 12.1. The summed E-state index contributed by atoms with van der Waals surface area (Å²) >= 11 is 5.64. The molecule has 0 aliphatic rings. The Bertz CT molecular complexity index is 538. The molecule has 1 N–H and O–H groups in total. The van der Waals surface area contributed by atoms with Crippen LogP contribution in [0, 0.1) is 6.92 Å². The largest absolute Gasteiger partial charge is 0.479 e. The second kappa shape index (κ2) is 9.03. The molecule has 2 aromatic carbocycles. The monoisotopic (exact) mass is 306 g/mol. The highest BCUT2D eigenvalue weighted by Gasteiger charge is 2.15. The standard InChI is InChI=1S/C10H12O3.C7H7Cl/c1-2-9(10(11)12)13-8-6-4-3-5-7-8;1-6-3-2-4-7(8)5-6/h3-7,9H,2H2,1H3,(H,11,12);2-5H,1H3. The molecule has 0 bridgehead atoms. The Kier molecular flexibility index (Phi) is 7.33. The van der Waals surface area contributed by atoms with Gasteiger partial charge >= 0.3 is 5.97 Å². The first-order chi connectivity index (χ1) is 10.0. The molecule has 2 aromatic rings. The molecule has 1 unspecified atom stereocenters. The van der Waals surface area contributed by atoms with Crippen molar-refractivity contribution >= 4 is 17.6 Å². The van der Waals surface area contributed by atoms with Crippen LogP contribution >= 0.6 is 11.6 Å². The van der Waals surface area contributed by atoms with Gasteiger partial charge in [-0.25, -0.2) is 4.79 Å². The molecule has 112 valence electrons. The number of carboxylic acid groups (broad SMARTS) is 1. The lowest BCUT2D eigenvalue weighted by atomic mass is 10.2. The number of hydrogen-bond acceptors (Lipinski definition) is 2. The number of carboxylic acids is 1. The zero-order valence-corrected chi connectivity index (χ0v) is 12.9. The molecule has 0 saturated carbocycles. The third kappa shape index (κ3) is 6.82. The van der Waals surface area contributed by atoms with Crippen molar-refractivity contribution in [3.63, 3.8) is 0 Å². The van der Waals surface area contributed by atoms with E-state index < -0.39 is 12.1 Å². The number of benzene rings is 2. The maximum atomic E-state index is 10.6. The second-order valence-corrected chi connectivity index (χ2v) is 4.90. The second-order valence-electron chi connectivity index (χ2n) is 4.47. The van der Waals surface area contributed by atoms with Crippen molar-refractivity contribution in [3.05, 3.63) is 65.2 Å². The van der Waals surface area contributed by atoms with Gasteiger partial charge in [-0.15, -0.1) is 0 Å².